The highest BCUT2D eigenvalue weighted by molar-refractivity contribution is 5.96. The van der Waals surface area contributed by atoms with Gasteiger partial charge < -0.3 is 5.32 Å². The van der Waals surface area contributed by atoms with Crippen molar-refractivity contribution in [3.05, 3.63) is 142 Å². The van der Waals surface area contributed by atoms with Crippen LogP contribution in [0.1, 0.15) is 36.1 Å². The predicted molar refractivity (Wildman–Crippen MR) is 173 cm³/mol. The van der Waals surface area contributed by atoms with Gasteiger partial charge in [0, 0.05) is 45.0 Å². The van der Waals surface area contributed by atoms with Gasteiger partial charge in [0.05, 0.1) is 11.2 Å². The van der Waals surface area contributed by atoms with Crippen LogP contribution in [-0.2, 0) is 5.41 Å². The highest BCUT2D eigenvalue weighted by atomic mass is 14.9. The van der Waals surface area contributed by atoms with Gasteiger partial charge in [-0.25, -0.2) is 9.97 Å². The Bertz CT molecular complexity index is 2190. The summed E-state index contributed by atoms with van der Waals surface area (Å²) in [5, 5.41) is 7.21. The van der Waals surface area contributed by atoms with Gasteiger partial charge in [0.1, 0.15) is 0 Å². The molecule has 0 radical (unpaired) electrons. The first-order valence-corrected chi connectivity index (χ1v) is 14.7. The molecule has 2 aliphatic rings. The van der Waals surface area contributed by atoms with Crippen molar-refractivity contribution in [2.45, 2.75) is 26.2 Å². The van der Waals surface area contributed by atoms with E-state index in [-0.39, 0.29) is 5.41 Å². The van der Waals surface area contributed by atoms with Gasteiger partial charge in [-0.3, -0.25) is 0 Å². The van der Waals surface area contributed by atoms with Crippen molar-refractivity contribution in [2.75, 3.05) is 6.54 Å². The Morgan fingerprint density at radius 3 is 2.36 bits per heavy atom. The Balaban J connectivity index is 1.33. The molecule has 2 heterocycles. The zero-order chi connectivity index (χ0) is 28.4. The molecule has 0 fully saturated rings. The molecule has 202 valence electrons. The lowest BCUT2D eigenvalue weighted by molar-refractivity contribution is 0.660. The highest BCUT2D eigenvalue weighted by Gasteiger charge is 2.37. The van der Waals surface area contributed by atoms with Crippen molar-refractivity contribution in [3.63, 3.8) is 0 Å². The molecule has 3 nitrogen and oxygen atoms in total. The third-order valence-corrected chi connectivity index (χ3v) is 9.05. The third kappa shape index (κ3) is 3.66. The van der Waals surface area contributed by atoms with Gasteiger partial charge in [0.25, 0.3) is 0 Å². The van der Waals surface area contributed by atoms with Gasteiger partial charge in [0.2, 0.25) is 0 Å². The molecule has 5 aromatic carbocycles. The van der Waals surface area contributed by atoms with E-state index in [0.717, 1.165) is 40.1 Å². The van der Waals surface area contributed by atoms with E-state index in [1.807, 2.05) is 0 Å². The van der Waals surface area contributed by atoms with Gasteiger partial charge in [-0.1, -0.05) is 117 Å². The van der Waals surface area contributed by atoms with E-state index < -0.39 is 0 Å². The molecule has 1 aromatic heterocycles. The molecule has 3 heteroatoms. The second kappa shape index (κ2) is 9.25. The first kappa shape index (κ1) is 24.8. The van der Waals surface area contributed by atoms with Crippen LogP contribution in [0.3, 0.4) is 0 Å². The molecule has 1 aliphatic carbocycles. The quantitative estimate of drug-likeness (QED) is 0.259. The molecule has 42 heavy (non-hydrogen) atoms. The number of nitrogens with zero attached hydrogens (tertiary/aromatic N) is 2. The fraction of sp³-hybridized carbons (Fsp3) is 0.128. The number of nitrogens with one attached hydrogen (secondary N) is 1. The molecule has 0 spiro atoms. The number of aromatic nitrogens is 2. The van der Waals surface area contributed by atoms with Gasteiger partial charge in [-0.05, 0) is 52.1 Å². The lowest BCUT2D eigenvalue weighted by Crippen LogP contribution is -2.37. The zero-order valence-corrected chi connectivity index (χ0v) is 24.1. The smallest absolute Gasteiger partial charge is 0.161 e. The minimum atomic E-state index is -0.0737. The van der Waals surface area contributed by atoms with Crippen LogP contribution in [0.25, 0.3) is 56.4 Å². The minimum absolute atomic E-state index is 0.0737. The predicted octanol–water partition coefficient (Wildman–Crippen LogP) is 7.12. The Morgan fingerprint density at radius 2 is 1.45 bits per heavy atom. The van der Waals surface area contributed by atoms with Gasteiger partial charge in [-0.15, -0.1) is 0 Å². The van der Waals surface area contributed by atoms with E-state index in [2.05, 4.69) is 141 Å². The fourth-order valence-electron chi connectivity index (χ4n) is 6.95. The van der Waals surface area contributed by atoms with E-state index >= 15 is 0 Å². The average molecular weight is 542 g/mol. The van der Waals surface area contributed by atoms with Crippen LogP contribution in [0, 0.1) is 6.92 Å². The Labute approximate surface area is 245 Å². The molecule has 0 saturated heterocycles. The second-order valence-corrected chi connectivity index (χ2v) is 11.9. The topological polar surface area (TPSA) is 37.8 Å². The molecular formula is C39H31N3. The fourth-order valence-corrected chi connectivity index (χ4v) is 6.95. The lowest BCUT2D eigenvalue weighted by atomic mass is 9.82. The number of hydrogen-bond donors (Lipinski definition) is 1. The van der Waals surface area contributed by atoms with Crippen LogP contribution in [0.15, 0.2) is 109 Å². The van der Waals surface area contributed by atoms with Crippen molar-refractivity contribution in [3.8, 4) is 33.8 Å². The van der Waals surface area contributed by atoms with Crippen LogP contribution in [0.5, 0.6) is 0 Å². The molecule has 0 bridgehead atoms. The van der Waals surface area contributed by atoms with Gasteiger partial charge in [-0.2, -0.15) is 0 Å². The van der Waals surface area contributed by atoms with E-state index in [4.69, 9.17) is 9.97 Å². The molecule has 0 atom stereocenters. The van der Waals surface area contributed by atoms with Crippen molar-refractivity contribution >= 4 is 22.7 Å². The average Bonchev–Trinajstić information content (AvgIpc) is 3.27. The summed E-state index contributed by atoms with van der Waals surface area (Å²) in [5.74, 6) is 0.766. The number of para-hydroxylation sites is 1. The van der Waals surface area contributed by atoms with E-state index in [0.29, 0.717) is 0 Å². The molecule has 8 rings (SSSR count). The summed E-state index contributed by atoms with van der Waals surface area (Å²) < 4.78 is 0. The highest BCUT2D eigenvalue weighted by Crippen LogP contribution is 2.51. The van der Waals surface area contributed by atoms with Crippen molar-refractivity contribution in [2.24, 2.45) is 0 Å². The van der Waals surface area contributed by atoms with Gasteiger partial charge in [0.15, 0.2) is 5.82 Å². The Morgan fingerprint density at radius 1 is 0.690 bits per heavy atom. The molecule has 0 saturated carbocycles. The number of benzene rings is 5. The summed E-state index contributed by atoms with van der Waals surface area (Å²) in [4.78, 5) is 10.5. The van der Waals surface area contributed by atoms with Crippen molar-refractivity contribution in [1.82, 2.24) is 15.3 Å². The van der Waals surface area contributed by atoms with Crippen molar-refractivity contribution < 1.29 is 0 Å². The summed E-state index contributed by atoms with van der Waals surface area (Å²) in [6.07, 6.45) is 2.25. The summed E-state index contributed by atoms with van der Waals surface area (Å²) in [5.41, 5.74) is 12.9. The maximum Gasteiger partial charge on any atom is 0.161 e. The largest absolute Gasteiger partial charge is 0.381 e. The number of hydrogen-bond acceptors (Lipinski definition) is 3. The van der Waals surface area contributed by atoms with E-state index in [1.54, 1.807) is 0 Å². The van der Waals surface area contributed by atoms with Crippen LogP contribution in [0.2, 0.25) is 0 Å². The van der Waals surface area contributed by atoms with E-state index in [1.165, 1.54) is 49.5 Å². The summed E-state index contributed by atoms with van der Waals surface area (Å²) in [6.45, 7) is 7.65. The van der Waals surface area contributed by atoms with Crippen LogP contribution in [-0.4, -0.2) is 16.5 Å². The normalized spacial score (nSPS) is 14.5. The SMILES string of the molecule is Cc1cc(-c2nc(-c3cccc4c3-c3ccccc3C4(C)C)nc3ccccc23)ccc1C1=c2ccccc2=CCN1. The molecule has 6 aromatic rings. The maximum atomic E-state index is 5.32. The molecule has 1 N–H and O–H groups in total. The van der Waals surface area contributed by atoms with Gasteiger partial charge >= 0.3 is 0 Å². The Hall–Kier alpha value is -5.02. The summed E-state index contributed by atoms with van der Waals surface area (Å²) in [7, 11) is 0. The second-order valence-electron chi connectivity index (χ2n) is 11.9. The molecule has 0 amide bonds. The van der Waals surface area contributed by atoms with Crippen LogP contribution < -0.4 is 15.8 Å². The van der Waals surface area contributed by atoms with Crippen LogP contribution in [0.4, 0.5) is 0 Å². The minimum Gasteiger partial charge on any atom is -0.381 e. The van der Waals surface area contributed by atoms with Crippen molar-refractivity contribution in [1.29, 1.82) is 0 Å². The third-order valence-electron chi connectivity index (χ3n) is 9.05. The first-order valence-electron chi connectivity index (χ1n) is 14.7. The standard InChI is InChI=1S/C39H31N3/c1-24-23-26(19-20-27(24)37-28-12-5-4-11-25(28)21-22-40-37)36-30-14-7-9-18-34(30)41-38(42-36)31-15-10-17-33-35(31)29-13-6-8-16-32(29)39(33,2)3/h4-21,23,40H,22H2,1-3H3. The molecule has 0 unspecified atom stereocenters. The monoisotopic (exact) mass is 541 g/mol. The number of fused-ring (bicyclic) bond motifs is 5. The van der Waals surface area contributed by atoms with Crippen LogP contribution >= 0.6 is 0 Å². The zero-order valence-electron chi connectivity index (χ0n) is 24.1. The number of rotatable bonds is 3. The lowest BCUT2D eigenvalue weighted by Gasteiger charge is -2.21. The van der Waals surface area contributed by atoms with E-state index in [9.17, 15) is 0 Å². The first-order chi connectivity index (χ1) is 20.5. The number of aryl methyl sites for hydroxylation is 1. The molecule has 1 aliphatic heterocycles. The summed E-state index contributed by atoms with van der Waals surface area (Å²) >= 11 is 0. The maximum absolute atomic E-state index is 5.32. The summed E-state index contributed by atoms with van der Waals surface area (Å²) in [6, 6.07) is 39.1. The molecular weight excluding hydrogens is 510 g/mol. The Kier molecular flexibility index (Phi) is 5.45.